The molecule has 0 radical (unpaired) electrons. The Kier molecular flexibility index (Phi) is 7.05. The van der Waals surface area contributed by atoms with Crippen molar-refractivity contribution < 1.29 is 14.6 Å². The van der Waals surface area contributed by atoms with Crippen molar-refractivity contribution in [3.8, 4) is 11.5 Å². The molecule has 1 aromatic rings. The number of guanidine groups is 1. The van der Waals surface area contributed by atoms with Crippen LogP contribution in [0.1, 0.15) is 57.1 Å². The predicted molar refractivity (Wildman–Crippen MR) is 112 cm³/mol. The van der Waals surface area contributed by atoms with Gasteiger partial charge in [0, 0.05) is 25.7 Å². The molecule has 1 aromatic carbocycles. The summed E-state index contributed by atoms with van der Waals surface area (Å²) in [6.45, 7) is 5.36. The van der Waals surface area contributed by atoms with Gasteiger partial charge in [0.1, 0.15) is 11.5 Å². The van der Waals surface area contributed by atoms with Crippen LogP contribution in [0.25, 0.3) is 0 Å². The Labute approximate surface area is 168 Å². The van der Waals surface area contributed by atoms with Crippen LogP contribution in [-0.4, -0.2) is 56.4 Å². The second kappa shape index (κ2) is 9.50. The van der Waals surface area contributed by atoms with E-state index in [1.54, 1.807) is 20.3 Å². The third-order valence-corrected chi connectivity index (χ3v) is 6.16. The van der Waals surface area contributed by atoms with Gasteiger partial charge in [0.05, 0.1) is 26.9 Å². The standard InChI is InChI=1S/C22H35N3O3/c1-4-23-21(25-11-10-22(16-25)8-6-5-7-9-22)24-15-20(26)17-12-18(27-2)14-19(13-17)28-3/h12-14,20,26H,4-11,15-16H2,1-3H3,(H,23,24). The summed E-state index contributed by atoms with van der Waals surface area (Å²) in [6.07, 6.45) is 7.34. The van der Waals surface area contributed by atoms with Gasteiger partial charge in [-0.2, -0.15) is 0 Å². The molecule has 6 heteroatoms. The number of aliphatic hydroxyl groups excluding tert-OH is 1. The van der Waals surface area contributed by atoms with Crippen LogP contribution >= 0.6 is 0 Å². The number of benzene rings is 1. The SMILES string of the molecule is CCNC(=NCC(O)c1cc(OC)cc(OC)c1)N1CCC2(CCCCC2)C1. The zero-order valence-corrected chi connectivity index (χ0v) is 17.5. The van der Waals surface area contributed by atoms with Gasteiger partial charge in [-0.15, -0.1) is 0 Å². The number of nitrogens with zero attached hydrogens (tertiary/aromatic N) is 2. The predicted octanol–water partition coefficient (Wildman–Crippen LogP) is 3.36. The van der Waals surface area contributed by atoms with E-state index in [1.807, 2.05) is 12.1 Å². The van der Waals surface area contributed by atoms with E-state index in [1.165, 1.54) is 38.5 Å². The molecule has 6 nitrogen and oxygen atoms in total. The minimum absolute atomic E-state index is 0.308. The molecule has 28 heavy (non-hydrogen) atoms. The molecule has 1 heterocycles. The molecule has 0 bridgehead atoms. The van der Waals surface area contributed by atoms with Crippen LogP contribution in [0.3, 0.4) is 0 Å². The molecule has 2 fully saturated rings. The van der Waals surface area contributed by atoms with Crippen LogP contribution in [0.4, 0.5) is 0 Å². The zero-order valence-electron chi connectivity index (χ0n) is 17.5. The summed E-state index contributed by atoms with van der Waals surface area (Å²) in [4.78, 5) is 7.14. The van der Waals surface area contributed by atoms with Crippen molar-refractivity contribution in [2.24, 2.45) is 10.4 Å². The number of ether oxygens (including phenoxy) is 2. The van der Waals surface area contributed by atoms with Gasteiger partial charge >= 0.3 is 0 Å². The van der Waals surface area contributed by atoms with Crippen molar-refractivity contribution in [3.05, 3.63) is 23.8 Å². The van der Waals surface area contributed by atoms with Crippen molar-refractivity contribution in [1.29, 1.82) is 0 Å². The number of hydrogen-bond acceptors (Lipinski definition) is 4. The van der Waals surface area contributed by atoms with Crippen molar-refractivity contribution in [3.63, 3.8) is 0 Å². The fraction of sp³-hybridized carbons (Fsp3) is 0.682. The van der Waals surface area contributed by atoms with Crippen LogP contribution < -0.4 is 14.8 Å². The van der Waals surface area contributed by atoms with E-state index in [-0.39, 0.29) is 0 Å². The van der Waals surface area contributed by atoms with Crippen LogP contribution in [0, 0.1) is 5.41 Å². The normalized spacial score (nSPS) is 20.3. The maximum absolute atomic E-state index is 10.7. The number of rotatable bonds is 6. The molecule has 1 atom stereocenters. The first-order valence-corrected chi connectivity index (χ1v) is 10.5. The first kappa shape index (κ1) is 20.8. The molecule has 0 amide bonds. The Morgan fingerprint density at radius 3 is 2.43 bits per heavy atom. The summed E-state index contributed by atoms with van der Waals surface area (Å²) in [5.74, 6) is 2.25. The first-order valence-electron chi connectivity index (χ1n) is 10.5. The number of nitrogens with one attached hydrogen (secondary N) is 1. The van der Waals surface area contributed by atoms with Gasteiger partial charge in [0.25, 0.3) is 0 Å². The van der Waals surface area contributed by atoms with Gasteiger partial charge < -0.3 is 24.8 Å². The first-order chi connectivity index (χ1) is 13.6. The van der Waals surface area contributed by atoms with E-state index in [4.69, 9.17) is 14.5 Å². The molecule has 2 N–H and O–H groups in total. The Morgan fingerprint density at radius 1 is 1.14 bits per heavy atom. The van der Waals surface area contributed by atoms with E-state index < -0.39 is 6.10 Å². The van der Waals surface area contributed by atoms with Crippen LogP contribution in [0.15, 0.2) is 23.2 Å². The largest absolute Gasteiger partial charge is 0.497 e. The smallest absolute Gasteiger partial charge is 0.194 e. The number of hydrogen-bond donors (Lipinski definition) is 2. The van der Waals surface area contributed by atoms with Crippen molar-refractivity contribution in [2.45, 2.75) is 51.6 Å². The van der Waals surface area contributed by atoms with Gasteiger partial charge in [0.2, 0.25) is 0 Å². The van der Waals surface area contributed by atoms with Gasteiger partial charge in [-0.3, -0.25) is 4.99 Å². The minimum atomic E-state index is -0.705. The monoisotopic (exact) mass is 389 g/mol. The summed E-state index contributed by atoms with van der Waals surface area (Å²) in [5, 5.41) is 14.1. The molecule has 1 aliphatic carbocycles. The summed E-state index contributed by atoms with van der Waals surface area (Å²) >= 11 is 0. The molecule has 1 saturated heterocycles. The summed E-state index contributed by atoms with van der Waals surface area (Å²) in [7, 11) is 3.22. The average Bonchev–Trinajstić information content (AvgIpc) is 3.13. The van der Waals surface area contributed by atoms with Gasteiger partial charge in [-0.05, 0) is 49.3 Å². The third-order valence-electron chi connectivity index (χ3n) is 6.16. The molecule has 1 unspecified atom stereocenters. The van der Waals surface area contributed by atoms with Crippen molar-refractivity contribution >= 4 is 5.96 Å². The molecule has 156 valence electrons. The Balaban J connectivity index is 1.69. The lowest BCUT2D eigenvalue weighted by atomic mass is 9.73. The van der Waals surface area contributed by atoms with E-state index in [2.05, 4.69) is 17.1 Å². The quantitative estimate of drug-likeness (QED) is 0.577. The Morgan fingerprint density at radius 2 is 1.82 bits per heavy atom. The van der Waals surface area contributed by atoms with Crippen LogP contribution in [-0.2, 0) is 0 Å². The molecule has 2 aliphatic rings. The fourth-order valence-corrected chi connectivity index (χ4v) is 4.55. The zero-order chi connectivity index (χ0) is 20.0. The van der Waals surface area contributed by atoms with Gasteiger partial charge in [0.15, 0.2) is 5.96 Å². The van der Waals surface area contributed by atoms with E-state index in [9.17, 15) is 5.11 Å². The summed E-state index contributed by atoms with van der Waals surface area (Å²) in [6, 6.07) is 5.47. The van der Waals surface area contributed by atoms with Gasteiger partial charge in [-0.1, -0.05) is 19.3 Å². The second-order valence-electron chi connectivity index (χ2n) is 8.09. The molecule has 0 aromatic heterocycles. The average molecular weight is 390 g/mol. The lowest BCUT2D eigenvalue weighted by Gasteiger charge is -2.33. The van der Waals surface area contributed by atoms with Crippen LogP contribution in [0.5, 0.6) is 11.5 Å². The maximum atomic E-state index is 10.7. The highest BCUT2D eigenvalue weighted by Crippen LogP contribution is 2.43. The number of likely N-dealkylation sites (tertiary alicyclic amines) is 1. The molecule has 1 spiro atoms. The molecular formula is C22H35N3O3. The van der Waals surface area contributed by atoms with Crippen molar-refractivity contribution in [1.82, 2.24) is 10.2 Å². The maximum Gasteiger partial charge on any atom is 0.194 e. The van der Waals surface area contributed by atoms with E-state index >= 15 is 0 Å². The van der Waals surface area contributed by atoms with Gasteiger partial charge in [-0.25, -0.2) is 0 Å². The Hall–Kier alpha value is -1.95. The van der Waals surface area contributed by atoms with E-state index in [0.29, 0.717) is 23.5 Å². The Bertz CT molecular complexity index is 649. The highest BCUT2D eigenvalue weighted by atomic mass is 16.5. The highest BCUT2D eigenvalue weighted by Gasteiger charge is 2.39. The van der Waals surface area contributed by atoms with Crippen molar-refractivity contribution in [2.75, 3.05) is 40.4 Å². The third kappa shape index (κ3) is 4.90. The highest BCUT2D eigenvalue weighted by molar-refractivity contribution is 5.80. The molecular weight excluding hydrogens is 354 g/mol. The summed E-state index contributed by atoms with van der Waals surface area (Å²) < 4.78 is 10.6. The molecule has 1 saturated carbocycles. The number of methoxy groups -OCH3 is 2. The van der Waals surface area contributed by atoms with E-state index in [0.717, 1.165) is 31.2 Å². The second-order valence-corrected chi connectivity index (χ2v) is 8.09. The number of aliphatic hydroxyl groups is 1. The minimum Gasteiger partial charge on any atom is -0.497 e. The number of aliphatic imine (C=N–C) groups is 1. The molecule has 3 rings (SSSR count). The summed E-state index contributed by atoms with van der Waals surface area (Å²) in [5.41, 5.74) is 1.23. The van der Waals surface area contributed by atoms with Crippen LogP contribution in [0.2, 0.25) is 0 Å². The fourth-order valence-electron chi connectivity index (χ4n) is 4.55. The lowest BCUT2D eigenvalue weighted by molar-refractivity contribution is 0.185. The lowest BCUT2D eigenvalue weighted by Crippen LogP contribution is -2.41. The topological polar surface area (TPSA) is 66.3 Å². The molecule has 1 aliphatic heterocycles.